The fourth-order valence-electron chi connectivity index (χ4n) is 2.62. The van der Waals surface area contributed by atoms with Gasteiger partial charge in [-0.1, -0.05) is 6.07 Å². The first-order chi connectivity index (χ1) is 10.2. The summed E-state index contributed by atoms with van der Waals surface area (Å²) in [7, 11) is 1.86. The number of hydrogen-bond acceptors (Lipinski definition) is 4. The van der Waals surface area contributed by atoms with Crippen molar-refractivity contribution in [1.82, 2.24) is 14.9 Å². The fourth-order valence-corrected chi connectivity index (χ4v) is 2.62. The minimum atomic E-state index is 0.141. The van der Waals surface area contributed by atoms with Crippen LogP contribution in [0.2, 0.25) is 0 Å². The number of aromatic nitrogens is 2. The maximum Gasteiger partial charge on any atom is 0.242 e. The minimum absolute atomic E-state index is 0.141. The normalized spacial score (nSPS) is 19.0. The fraction of sp³-hybridized carbons (Fsp3) is 0.312. The van der Waals surface area contributed by atoms with Crippen LogP contribution in [0.5, 0.6) is 0 Å². The van der Waals surface area contributed by atoms with Crippen molar-refractivity contribution in [3.05, 3.63) is 43.0 Å². The molecule has 3 rings (SSSR count). The molecule has 0 N–H and O–H groups in total. The van der Waals surface area contributed by atoms with Gasteiger partial charge < -0.3 is 9.80 Å². The number of amides is 1. The molecule has 1 amide bonds. The average Bonchev–Trinajstić information content (AvgIpc) is 2.53. The van der Waals surface area contributed by atoms with Gasteiger partial charge in [0.2, 0.25) is 5.91 Å². The standard InChI is InChI=1S/C16H18N4O/c1-12-10-20(11-16(21)19(12)2)15-5-7-18-9-14(15)13-4-3-6-17-8-13/h3-9,12H,10-11H2,1-2H3. The van der Waals surface area contributed by atoms with E-state index in [-0.39, 0.29) is 11.9 Å². The number of hydrogen-bond donors (Lipinski definition) is 0. The molecule has 1 aliphatic rings. The molecule has 1 aliphatic heterocycles. The number of carbonyl (C=O) groups excluding carboxylic acids is 1. The number of rotatable bonds is 2. The predicted octanol–water partition coefficient (Wildman–Crippen LogP) is 1.81. The third kappa shape index (κ3) is 2.59. The molecule has 5 heteroatoms. The van der Waals surface area contributed by atoms with E-state index in [2.05, 4.69) is 21.8 Å². The second-order valence-electron chi connectivity index (χ2n) is 5.37. The Bertz CT molecular complexity index is 644. The highest BCUT2D eigenvalue weighted by atomic mass is 16.2. The molecule has 5 nitrogen and oxygen atoms in total. The zero-order chi connectivity index (χ0) is 14.8. The summed E-state index contributed by atoms with van der Waals surface area (Å²) in [6.45, 7) is 3.28. The van der Waals surface area contributed by atoms with Crippen molar-refractivity contribution >= 4 is 11.6 Å². The summed E-state index contributed by atoms with van der Waals surface area (Å²) in [5, 5.41) is 0. The second kappa shape index (κ2) is 5.52. The van der Waals surface area contributed by atoms with Gasteiger partial charge in [-0.3, -0.25) is 14.8 Å². The summed E-state index contributed by atoms with van der Waals surface area (Å²) in [6, 6.07) is 6.08. The van der Waals surface area contributed by atoms with Crippen LogP contribution in [0, 0.1) is 0 Å². The quantitative estimate of drug-likeness (QED) is 0.843. The van der Waals surface area contributed by atoms with Gasteiger partial charge >= 0.3 is 0 Å². The van der Waals surface area contributed by atoms with E-state index < -0.39 is 0 Å². The molecular weight excluding hydrogens is 264 g/mol. The lowest BCUT2D eigenvalue weighted by Crippen LogP contribution is -2.53. The van der Waals surface area contributed by atoms with Crippen molar-refractivity contribution in [1.29, 1.82) is 0 Å². The van der Waals surface area contributed by atoms with E-state index in [0.29, 0.717) is 6.54 Å². The zero-order valence-corrected chi connectivity index (χ0v) is 12.2. The van der Waals surface area contributed by atoms with Crippen LogP contribution in [0.1, 0.15) is 6.92 Å². The van der Waals surface area contributed by atoms with Gasteiger partial charge in [-0.15, -0.1) is 0 Å². The molecule has 1 atom stereocenters. The molecule has 0 spiro atoms. The Morgan fingerprint density at radius 1 is 1.19 bits per heavy atom. The highest BCUT2D eigenvalue weighted by Gasteiger charge is 2.28. The molecule has 108 valence electrons. The maximum absolute atomic E-state index is 12.1. The Morgan fingerprint density at radius 3 is 2.71 bits per heavy atom. The van der Waals surface area contributed by atoms with Crippen molar-refractivity contribution in [2.75, 3.05) is 25.0 Å². The lowest BCUT2D eigenvalue weighted by atomic mass is 10.1. The van der Waals surface area contributed by atoms with Crippen LogP contribution in [0.3, 0.4) is 0 Å². The number of nitrogens with zero attached hydrogens (tertiary/aromatic N) is 4. The number of anilines is 1. The molecule has 3 heterocycles. The first-order valence-corrected chi connectivity index (χ1v) is 7.02. The molecule has 0 saturated carbocycles. The van der Waals surface area contributed by atoms with Crippen LogP contribution in [-0.2, 0) is 4.79 Å². The van der Waals surface area contributed by atoms with Crippen molar-refractivity contribution in [2.45, 2.75) is 13.0 Å². The Labute approximate surface area is 124 Å². The Balaban J connectivity index is 1.98. The van der Waals surface area contributed by atoms with Gasteiger partial charge in [0.25, 0.3) is 0 Å². The summed E-state index contributed by atoms with van der Waals surface area (Å²) in [5.74, 6) is 0.141. The third-order valence-electron chi connectivity index (χ3n) is 3.98. The van der Waals surface area contributed by atoms with Gasteiger partial charge in [0, 0.05) is 61.2 Å². The van der Waals surface area contributed by atoms with Crippen LogP contribution in [0.25, 0.3) is 11.1 Å². The maximum atomic E-state index is 12.1. The summed E-state index contributed by atoms with van der Waals surface area (Å²) in [5.41, 5.74) is 3.06. The molecule has 0 bridgehead atoms. The molecule has 2 aromatic rings. The number of carbonyl (C=O) groups is 1. The first kappa shape index (κ1) is 13.5. The Kier molecular flexibility index (Phi) is 3.56. The van der Waals surface area contributed by atoms with E-state index in [1.165, 1.54) is 0 Å². The summed E-state index contributed by atoms with van der Waals surface area (Å²) in [4.78, 5) is 24.4. The van der Waals surface area contributed by atoms with Gasteiger partial charge in [0.1, 0.15) is 0 Å². The topological polar surface area (TPSA) is 49.3 Å². The molecule has 2 aromatic heterocycles. The Hall–Kier alpha value is -2.43. The largest absolute Gasteiger partial charge is 0.360 e. The van der Waals surface area contributed by atoms with Crippen molar-refractivity contribution in [3.8, 4) is 11.1 Å². The number of likely N-dealkylation sites (N-methyl/N-ethyl adjacent to an activating group) is 1. The van der Waals surface area contributed by atoms with Crippen LogP contribution < -0.4 is 4.90 Å². The average molecular weight is 282 g/mol. The van der Waals surface area contributed by atoms with Crippen molar-refractivity contribution in [2.24, 2.45) is 0 Å². The molecule has 0 radical (unpaired) electrons. The smallest absolute Gasteiger partial charge is 0.242 e. The van der Waals surface area contributed by atoms with E-state index in [1.807, 2.05) is 37.6 Å². The molecule has 21 heavy (non-hydrogen) atoms. The highest BCUT2D eigenvalue weighted by Crippen LogP contribution is 2.30. The van der Waals surface area contributed by atoms with Crippen molar-refractivity contribution < 1.29 is 4.79 Å². The van der Waals surface area contributed by atoms with Gasteiger partial charge in [-0.25, -0.2) is 0 Å². The van der Waals surface area contributed by atoms with E-state index in [0.717, 1.165) is 23.4 Å². The summed E-state index contributed by atoms with van der Waals surface area (Å²) < 4.78 is 0. The monoisotopic (exact) mass is 282 g/mol. The molecule has 0 aromatic carbocycles. The highest BCUT2D eigenvalue weighted by molar-refractivity contribution is 5.86. The van der Waals surface area contributed by atoms with E-state index in [4.69, 9.17) is 0 Å². The van der Waals surface area contributed by atoms with Crippen LogP contribution >= 0.6 is 0 Å². The van der Waals surface area contributed by atoms with Gasteiger partial charge in [-0.2, -0.15) is 0 Å². The first-order valence-electron chi connectivity index (χ1n) is 7.02. The molecule has 1 unspecified atom stereocenters. The molecular formula is C16H18N4O. The zero-order valence-electron chi connectivity index (χ0n) is 12.2. The number of pyridine rings is 2. The van der Waals surface area contributed by atoms with Gasteiger partial charge in [-0.05, 0) is 19.1 Å². The van der Waals surface area contributed by atoms with Gasteiger partial charge in [0.05, 0.1) is 6.54 Å². The lowest BCUT2D eigenvalue weighted by molar-refractivity contribution is -0.131. The molecule has 0 aliphatic carbocycles. The second-order valence-corrected chi connectivity index (χ2v) is 5.37. The van der Waals surface area contributed by atoms with Crippen LogP contribution in [0.15, 0.2) is 43.0 Å². The van der Waals surface area contributed by atoms with E-state index >= 15 is 0 Å². The Morgan fingerprint density at radius 2 is 2.00 bits per heavy atom. The van der Waals surface area contributed by atoms with E-state index in [1.54, 1.807) is 17.3 Å². The van der Waals surface area contributed by atoms with Crippen LogP contribution in [-0.4, -0.2) is 47.0 Å². The van der Waals surface area contributed by atoms with E-state index in [9.17, 15) is 4.79 Å². The SMILES string of the molecule is CC1CN(c2ccncc2-c2cccnc2)CC(=O)N1C. The minimum Gasteiger partial charge on any atom is -0.360 e. The third-order valence-corrected chi connectivity index (χ3v) is 3.98. The summed E-state index contributed by atoms with van der Waals surface area (Å²) >= 11 is 0. The lowest BCUT2D eigenvalue weighted by Gasteiger charge is -2.39. The molecule has 1 fully saturated rings. The summed E-state index contributed by atoms with van der Waals surface area (Å²) in [6.07, 6.45) is 7.17. The molecule has 1 saturated heterocycles. The number of piperazine rings is 1. The predicted molar refractivity (Wildman–Crippen MR) is 81.9 cm³/mol. The van der Waals surface area contributed by atoms with Crippen molar-refractivity contribution in [3.63, 3.8) is 0 Å². The van der Waals surface area contributed by atoms with Gasteiger partial charge in [0.15, 0.2) is 0 Å². The van der Waals surface area contributed by atoms with Crippen LogP contribution in [0.4, 0.5) is 5.69 Å².